The molecule has 1 saturated carbocycles. The normalized spacial score (nSPS) is 23.2. The highest BCUT2D eigenvalue weighted by molar-refractivity contribution is 5.77. The minimum atomic E-state index is -0.664. The third-order valence-corrected chi connectivity index (χ3v) is 5.73. The van der Waals surface area contributed by atoms with Crippen LogP contribution in [-0.4, -0.2) is 41.2 Å². The predicted molar refractivity (Wildman–Crippen MR) is 103 cm³/mol. The zero-order valence-electron chi connectivity index (χ0n) is 15.8. The third-order valence-electron chi connectivity index (χ3n) is 5.73. The van der Waals surface area contributed by atoms with Crippen LogP contribution in [0.15, 0.2) is 30.5 Å². The molecule has 2 fully saturated rings. The number of hydrogen-bond acceptors (Lipinski definition) is 5. The van der Waals surface area contributed by atoms with E-state index in [2.05, 4.69) is 11.8 Å². The molecular weight excluding hydrogens is 342 g/mol. The van der Waals surface area contributed by atoms with Crippen molar-refractivity contribution in [1.82, 2.24) is 9.97 Å². The van der Waals surface area contributed by atoms with Gasteiger partial charge in [-0.05, 0) is 48.9 Å². The summed E-state index contributed by atoms with van der Waals surface area (Å²) >= 11 is 0. The SMILES string of the molecule is CCCCc1cnc(-c2ccc(OC)cc2)c(N2CC3C(C2)C3C(=O)O)n1. The van der Waals surface area contributed by atoms with Gasteiger partial charge in [-0.2, -0.15) is 0 Å². The number of fused-ring (bicyclic) bond motifs is 1. The quantitative estimate of drug-likeness (QED) is 0.809. The summed E-state index contributed by atoms with van der Waals surface area (Å²) in [5.74, 6) is 1.33. The van der Waals surface area contributed by atoms with Crippen LogP contribution in [0, 0.1) is 17.8 Å². The summed E-state index contributed by atoms with van der Waals surface area (Å²) in [6.07, 6.45) is 4.99. The van der Waals surface area contributed by atoms with Gasteiger partial charge >= 0.3 is 5.97 Å². The highest BCUT2D eigenvalue weighted by Gasteiger charge is 2.60. The average molecular weight is 367 g/mol. The number of piperidine rings is 1. The second-order valence-corrected chi connectivity index (χ2v) is 7.46. The number of anilines is 1. The Morgan fingerprint density at radius 3 is 2.56 bits per heavy atom. The number of carboxylic acid groups (broad SMARTS) is 1. The van der Waals surface area contributed by atoms with Crippen molar-refractivity contribution >= 4 is 11.8 Å². The maximum absolute atomic E-state index is 11.3. The Bertz CT molecular complexity index is 825. The molecule has 1 aliphatic carbocycles. The molecular formula is C21H25N3O3. The van der Waals surface area contributed by atoms with Crippen molar-refractivity contribution in [1.29, 1.82) is 0 Å². The molecule has 6 heteroatoms. The number of aryl methyl sites for hydroxylation is 1. The fourth-order valence-corrected chi connectivity index (χ4v) is 4.13. The molecule has 6 nitrogen and oxygen atoms in total. The lowest BCUT2D eigenvalue weighted by molar-refractivity contribution is -0.139. The van der Waals surface area contributed by atoms with Gasteiger partial charge in [0.1, 0.15) is 11.4 Å². The molecule has 2 aromatic rings. The minimum Gasteiger partial charge on any atom is -0.497 e. The van der Waals surface area contributed by atoms with Crippen molar-refractivity contribution in [2.75, 3.05) is 25.1 Å². The molecule has 142 valence electrons. The summed E-state index contributed by atoms with van der Waals surface area (Å²) in [5, 5.41) is 9.28. The molecule has 2 atom stereocenters. The van der Waals surface area contributed by atoms with Gasteiger partial charge in [0.2, 0.25) is 0 Å². The number of aliphatic carboxylic acids is 1. The highest BCUT2D eigenvalue weighted by Crippen LogP contribution is 2.53. The maximum atomic E-state index is 11.3. The van der Waals surface area contributed by atoms with Crippen molar-refractivity contribution in [3.63, 3.8) is 0 Å². The Morgan fingerprint density at radius 1 is 1.26 bits per heavy atom. The van der Waals surface area contributed by atoms with E-state index in [9.17, 15) is 9.90 Å². The van der Waals surface area contributed by atoms with Crippen molar-refractivity contribution in [2.45, 2.75) is 26.2 Å². The molecule has 0 amide bonds. The van der Waals surface area contributed by atoms with Gasteiger partial charge in [-0.3, -0.25) is 9.78 Å². The zero-order valence-corrected chi connectivity index (χ0v) is 15.8. The highest BCUT2D eigenvalue weighted by atomic mass is 16.5. The molecule has 1 aromatic heterocycles. The number of rotatable bonds is 7. The lowest BCUT2D eigenvalue weighted by Crippen LogP contribution is -2.27. The van der Waals surface area contributed by atoms with Gasteiger partial charge in [-0.15, -0.1) is 0 Å². The van der Waals surface area contributed by atoms with Crippen LogP contribution < -0.4 is 9.64 Å². The average Bonchev–Trinajstić information content (AvgIpc) is 3.21. The van der Waals surface area contributed by atoms with Crippen molar-refractivity contribution in [3.8, 4) is 17.0 Å². The molecule has 2 heterocycles. The number of nitrogens with zero attached hydrogens (tertiary/aromatic N) is 3. The molecule has 2 unspecified atom stereocenters. The van der Waals surface area contributed by atoms with Crippen molar-refractivity contribution in [3.05, 3.63) is 36.2 Å². The van der Waals surface area contributed by atoms with Gasteiger partial charge in [-0.1, -0.05) is 13.3 Å². The Kier molecular flexibility index (Phi) is 4.72. The van der Waals surface area contributed by atoms with Gasteiger partial charge < -0.3 is 14.7 Å². The van der Waals surface area contributed by atoms with Crippen LogP contribution in [0.2, 0.25) is 0 Å². The lowest BCUT2D eigenvalue weighted by Gasteiger charge is -2.23. The molecule has 1 N–H and O–H groups in total. The third kappa shape index (κ3) is 3.36. The first-order valence-electron chi connectivity index (χ1n) is 9.60. The molecule has 0 spiro atoms. The van der Waals surface area contributed by atoms with Gasteiger partial charge in [0.25, 0.3) is 0 Å². The number of unbranched alkanes of at least 4 members (excludes halogenated alkanes) is 1. The van der Waals surface area contributed by atoms with E-state index in [1.54, 1.807) is 7.11 Å². The second-order valence-electron chi connectivity index (χ2n) is 7.46. The van der Waals surface area contributed by atoms with Crippen LogP contribution in [0.5, 0.6) is 5.75 Å². The molecule has 0 radical (unpaired) electrons. The molecule has 4 rings (SSSR count). The smallest absolute Gasteiger partial charge is 0.307 e. The van der Waals surface area contributed by atoms with E-state index in [4.69, 9.17) is 14.7 Å². The molecule has 27 heavy (non-hydrogen) atoms. The first-order chi connectivity index (χ1) is 13.1. The van der Waals surface area contributed by atoms with Crippen LogP contribution in [0.1, 0.15) is 25.5 Å². The van der Waals surface area contributed by atoms with Gasteiger partial charge in [-0.25, -0.2) is 4.98 Å². The summed E-state index contributed by atoms with van der Waals surface area (Å²) < 4.78 is 5.25. The summed E-state index contributed by atoms with van der Waals surface area (Å²) in [5.41, 5.74) is 2.85. The number of aromatic nitrogens is 2. The summed E-state index contributed by atoms with van der Waals surface area (Å²) in [4.78, 5) is 23.2. The Hall–Kier alpha value is -2.63. The fraction of sp³-hybridized carbons (Fsp3) is 0.476. The molecule has 0 bridgehead atoms. The van der Waals surface area contributed by atoms with E-state index in [1.807, 2.05) is 30.5 Å². The van der Waals surface area contributed by atoms with E-state index >= 15 is 0 Å². The molecule has 1 aliphatic heterocycles. The summed E-state index contributed by atoms with van der Waals surface area (Å²) in [6.45, 7) is 3.66. The standard InChI is InChI=1S/C21H25N3O3/c1-3-4-5-14-10-22-19(13-6-8-15(27-2)9-7-13)20(23-14)24-11-16-17(12-24)18(16)21(25)26/h6-10,16-18H,3-5,11-12H2,1-2H3,(H,25,26). The number of hydrogen-bond donors (Lipinski definition) is 1. The van der Waals surface area contributed by atoms with Crippen LogP contribution in [0.4, 0.5) is 5.82 Å². The first-order valence-corrected chi connectivity index (χ1v) is 9.60. The molecule has 1 saturated heterocycles. The number of carboxylic acids is 1. The molecule has 2 aliphatic rings. The van der Waals surface area contributed by atoms with Gasteiger partial charge in [0.15, 0.2) is 5.82 Å². The van der Waals surface area contributed by atoms with Crippen LogP contribution in [0.25, 0.3) is 11.3 Å². The Balaban J connectivity index is 1.63. The van der Waals surface area contributed by atoms with Crippen molar-refractivity contribution < 1.29 is 14.6 Å². The number of methoxy groups -OCH3 is 1. The van der Waals surface area contributed by atoms with E-state index < -0.39 is 5.97 Å². The topological polar surface area (TPSA) is 75.5 Å². The van der Waals surface area contributed by atoms with Crippen molar-refractivity contribution in [2.24, 2.45) is 17.8 Å². The lowest BCUT2D eigenvalue weighted by atomic mass is 10.1. The van der Waals surface area contributed by atoms with E-state index in [1.165, 1.54) is 0 Å². The van der Waals surface area contributed by atoms with Crippen LogP contribution >= 0.6 is 0 Å². The predicted octanol–water partition coefficient (Wildman–Crippen LogP) is 3.26. The Labute approximate surface area is 159 Å². The Morgan fingerprint density at radius 2 is 1.96 bits per heavy atom. The number of carbonyl (C=O) groups is 1. The van der Waals surface area contributed by atoms with E-state index in [0.717, 1.165) is 60.9 Å². The fourth-order valence-electron chi connectivity index (χ4n) is 4.13. The van der Waals surface area contributed by atoms with E-state index in [0.29, 0.717) is 0 Å². The molecule has 1 aromatic carbocycles. The zero-order chi connectivity index (χ0) is 19.0. The van der Waals surface area contributed by atoms with E-state index in [-0.39, 0.29) is 17.8 Å². The number of benzene rings is 1. The van der Waals surface area contributed by atoms with Crippen LogP contribution in [-0.2, 0) is 11.2 Å². The minimum absolute atomic E-state index is 0.179. The largest absolute Gasteiger partial charge is 0.497 e. The maximum Gasteiger partial charge on any atom is 0.307 e. The van der Waals surface area contributed by atoms with Gasteiger partial charge in [0.05, 0.1) is 18.7 Å². The van der Waals surface area contributed by atoms with Crippen LogP contribution in [0.3, 0.4) is 0 Å². The number of ether oxygens (including phenoxy) is 1. The summed E-state index contributed by atoms with van der Waals surface area (Å²) in [6, 6.07) is 7.84. The monoisotopic (exact) mass is 367 g/mol. The second kappa shape index (κ2) is 7.18. The van der Waals surface area contributed by atoms with Gasteiger partial charge in [0, 0.05) is 24.8 Å². The summed E-state index contributed by atoms with van der Waals surface area (Å²) in [7, 11) is 1.65. The first kappa shape index (κ1) is 17.8.